The number of nitrogens with zero attached hydrogens (tertiary/aromatic N) is 1. The average molecular weight is 466 g/mol. The number of nitro groups is 1. The first-order chi connectivity index (χ1) is 16.0. The predicted molar refractivity (Wildman–Crippen MR) is 127 cm³/mol. The second-order valence-electron chi connectivity index (χ2n) is 6.96. The van der Waals surface area contributed by atoms with Crippen LogP contribution in [0.25, 0.3) is 0 Å². The van der Waals surface area contributed by atoms with E-state index in [0.29, 0.717) is 5.69 Å². The van der Waals surface area contributed by atoms with Crippen LogP contribution in [-0.2, 0) is 19.1 Å². The van der Waals surface area contributed by atoms with E-state index < -0.39 is 36.5 Å². The topological polar surface area (TPSA) is 108 Å². The summed E-state index contributed by atoms with van der Waals surface area (Å²) in [5.41, 5.74) is -0.589. The van der Waals surface area contributed by atoms with Crippen LogP contribution in [0.3, 0.4) is 0 Å². The average Bonchev–Trinajstić information content (AvgIpc) is 2.86. The van der Waals surface area contributed by atoms with Crippen LogP contribution < -0.4 is 15.9 Å². The van der Waals surface area contributed by atoms with E-state index in [2.05, 4.69) is 5.32 Å². The van der Waals surface area contributed by atoms with Gasteiger partial charge in [-0.3, -0.25) is 14.9 Å². The Morgan fingerprint density at radius 2 is 1.30 bits per heavy atom. The van der Waals surface area contributed by atoms with Crippen LogP contribution in [-0.4, -0.2) is 42.8 Å². The standard InChI is InChI=1S/C24H23N2O6P/c1-31-23(27)21(25-17-13-15-18(16-14-17)26(29)30)22(24(28)32-2)33(19-9-5-3-6-10-19)20-11-7-4-8-12-20/h3-16,21-22,25H,1-2H3/t21-,22+/m0/s1. The Balaban J connectivity index is 2.11. The Morgan fingerprint density at radius 3 is 1.73 bits per heavy atom. The molecule has 170 valence electrons. The third-order valence-corrected chi connectivity index (χ3v) is 7.73. The number of anilines is 1. The molecule has 0 radical (unpaired) electrons. The summed E-state index contributed by atoms with van der Waals surface area (Å²) in [6, 6.07) is 23.4. The monoisotopic (exact) mass is 466 g/mol. The molecule has 3 aromatic rings. The van der Waals surface area contributed by atoms with Gasteiger partial charge in [0.15, 0.2) is 0 Å². The predicted octanol–water partition coefficient (Wildman–Crippen LogP) is 3.22. The van der Waals surface area contributed by atoms with Crippen LogP contribution >= 0.6 is 7.92 Å². The fourth-order valence-corrected chi connectivity index (χ4v) is 6.15. The number of hydrogen-bond donors (Lipinski definition) is 1. The van der Waals surface area contributed by atoms with Crippen molar-refractivity contribution in [2.24, 2.45) is 0 Å². The van der Waals surface area contributed by atoms with Crippen LogP contribution in [0.4, 0.5) is 11.4 Å². The van der Waals surface area contributed by atoms with Gasteiger partial charge in [0.1, 0.15) is 11.7 Å². The highest BCUT2D eigenvalue weighted by atomic mass is 31.1. The molecule has 0 amide bonds. The van der Waals surface area contributed by atoms with E-state index in [1.165, 1.54) is 38.5 Å². The smallest absolute Gasteiger partial charge is 0.329 e. The Bertz CT molecular complexity index is 1050. The van der Waals surface area contributed by atoms with Gasteiger partial charge in [-0.05, 0) is 30.7 Å². The zero-order chi connectivity index (χ0) is 23.8. The number of esters is 2. The lowest BCUT2D eigenvalue weighted by molar-refractivity contribution is -0.384. The number of nitrogens with one attached hydrogen (secondary N) is 1. The van der Waals surface area contributed by atoms with Gasteiger partial charge >= 0.3 is 11.9 Å². The van der Waals surface area contributed by atoms with E-state index in [0.717, 1.165) is 10.6 Å². The summed E-state index contributed by atoms with van der Waals surface area (Å²) < 4.78 is 10.2. The number of hydrogen-bond acceptors (Lipinski definition) is 7. The minimum Gasteiger partial charge on any atom is -0.468 e. The third-order valence-electron chi connectivity index (χ3n) is 4.96. The van der Waals surface area contributed by atoms with Crippen molar-refractivity contribution in [2.75, 3.05) is 19.5 Å². The quantitative estimate of drug-likeness (QED) is 0.223. The molecule has 33 heavy (non-hydrogen) atoms. The van der Waals surface area contributed by atoms with Crippen molar-refractivity contribution in [3.63, 3.8) is 0 Å². The lowest BCUT2D eigenvalue weighted by atomic mass is 10.1. The molecule has 0 unspecified atom stereocenters. The molecule has 0 spiro atoms. The number of carbonyl (C=O) groups is 2. The van der Waals surface area contributed by atoms with Gasteiger partial charge in [0.2, 0.25) is 0 Å². The second-order valence-corrected chi connectivity index (χ2v) is 9.29. The van der Waals surface area contributed by atoms with E-state index in [-0.39, 0.29) is 5.69 Å². The molecular weight excluding hydrogens is 443 g/mol. The van der Waals surface area contributed by atoms with Crippen molar-refractivity contribution in [1.82, 2.24) is 0 Å². The van der Waals surface area contributed by atoms with Crippen molar-refractivity contribution in [3.8, 4) is 0 Å². The first-order valence-electron chi connectivity index (χ1n) is 10.0. The van der Waals surface area contributed by atoms with Crippen LogP contribution in [0.1, 0.15) is 0 Å². The lowest BCUT2D eigenvalue weighted by Gasteiger charge is -2.32. The number of ether oxygens (including phenoxy) is 2. The van der Waals surface area contributed by atoms with Gasteiger partial charge in [0.05, 0.1) is 19.1 Å². The number of carbonyl (C=O) groups excluding carboxylic acids is 2. The van der Waals surface area contributed by atoms with Crippen LogP contribution in [0.2, 0.25) is 0 Å². The van der Waals surface area contributed by atoms with Gasteiger partial charge in [0.25, 0.3) is 5.69 Å². The number of nitro benzene ring substituents is 1. The molecule has 0 fully saturated rings. The summed E-state index contributed by atoms with van der Waals surface area (Å²) in [5.74, 6) is -1.22. The van der Waals surface area contributed by atoms with E-state index in [1.807, 2.05) is 60.7 Å². The summed E-state index contributed by atoms with van der Waals surface area (Å²) in [5, 5.41) is 15.8. The van der Waals surface area contributed by atoms with E-state index in [9.17, 15) is 19.7 Å². The molecule has 0 aromatic heterocycles. The van der Waals surface area contributed by atoms with E-state index in [4.69, 9.17) is 9.47 Å². The van der Waals surface area contributed by atoms with Gasteiger partial charge in [0, 0.05) is 17.8 Å². The van der Waals surface area contributed by atoms with Gasteiger partial charge in [-0.2, -0.15) is 0 Å². The fraction of sp³-hybridized carbons (Fsp3) is 0.167. The highest BCUT2D eigenvalue weighted by Crippen LogP contribution is 2.43. The largest absolute Gasteiger partial charge is 0.468 e. The molecule has 2 atom stereocenters. The van der Waals surface area contributed by atoms with Crippen molar-refractivity contribution in [2.45, 2.75) is 11.7 Å². The van der Waals surface area contributed by atoms with E-state index >= 15 is 0 Å². The molecule has 3 rings (SSSR count). The Labute approximate surface area is 192 Å². The van der Waals surface area contributed by atoms with Crippen LogP contribution in [0.15, 0.2) is 84.9 Å². The highest BCUT2D eigenvalue weighted by Gasteiger charge is 2.42. The lowest BCUT2D eigenvalue weighted by Crippen LogP contribution is -2.48. The second kappa shape index (κ2) is 11.2. The van der Waals surface area contributed by atoms with Gasteiger partial charge < -0.3 is 14.8 Å². The van der Waals surface area contributed by atoms with Gasteiger partial charge in [-0.25, -0.2) is 4.79 Å². The Kier molecular flexibility index (Phi) is 8.11. The van der Waals surface area contributed by atoms with Crippen molar-refractivity contribution < 1.29 is 24.0 Å². The van der Waals surface area contributed by atoms with E-state index in [1.54, 1.807) is 0 Å². The summed E-state index contributed by atoms with van der Waals surface area (Å²) >= 11 is 0. The molecule has 8 nitrogen and oxygen atoms in total. The Hall–Kier alpha value is -3.77. The highest BCUT2D eigenvalue weighted by molar-refractivity contribution is 7.74. The molecule has 0 aliphatic rings. The number of methoxy groups -OCH3 is 2. The maximum Gasteiger partial charge on any atom is 0.329 e. The maximum atomic E-state index is 13.2. The summed E-state index contributed by atoms with van der Waals surface area (Å²) in [4.78, 5) is 36.6. The van der Waals surface area contributed by atoms with Gasteiger partial charge in [-0.15, -0.1) is 0 Å². The molecule has 0 heterocycles. The molecule has 9 heteroatoms. The van der Waals surface area contributed by atoms with Gasteiger partial charge in [-0.1, -0.05) is 60.7 Å². The van der Waals surface area contributed by atoms with Crippen molar-refractivity contribution in [1.29, 1.82) is 0 Å². The summed E-state index contributed by atoms with van der Waals surface area (Å²) in [6.07, 6.45) is 0. The maximum absolute atomic E-state index is 13.2. The van der Waals surface area contributed by atoms with Crippen LogP contribution in [0, 0.1) is 10.1 Å². The summed E-state index contributed by atoms with van der Waals surface area (Å²) in [6.45, 7) is 0. The van der Waals surface area contributed by atoms with Crippen molar-refractivity contribution >= 4 is 41.8 Å². The number of benzene rings is 3. The zero-order valence-electron chi connectivity index (χ0n) is 18.1. The molecule has 3 aromatic carbocycles. The number of rotatable bonds is 9. The molecule has 0 bridgehead atoms. The van der Waals surface area contributed by atoms with Crippen molar-refractivity contribution in [3.05, 3.63) is 95.0 Å². The number of non-ortho nitro benzene ring substituents is 1. The molecule has 0 aliphatic carbocycles. The molecule has 0 aliphatic heterocycles. The zero-order valence-corrected chi connectivity index (χ0v) is 19.0. The molecular formula is C24H23N2O6P. The third kappa shape index (κ3) is 5.73. The Morgan fingerprint density at radius 1 is 0.818 bits per heavy atom. The molecule has 1 N–H and O–H groups in total. The summed E-state index contributed by atoms with van der Waals surface area (Å²) in [7, 11) is 1.13. The first-order valence-corrected chi connectivity index (χ1v) is 11.4. The fourth-order valence-electron chi connectivity index (χ4n) is 3.41. The molecule has 0 saturated heterocycles. The van der Waals surface area contributed by atoms with Crippen LogP contribution in [0.5, 0.6) is 0 Å². The molecule has 0 saturated carbocycles. The normalized spacial score (nSPS) is 12.5. The SMILES string of the molecule is COC(=O)[C@@H](Nc1ccc([N+](=O)[O-])cc1)[C@H](C(=O)OC)P(c1ccccc1)c1ccccc1. The minimum absolute atomic E-state index is 0.0875. The minimum atomic E-state index is -1.40. The first kappa shape index (κ1) is 23.9.